The zero-order chi connectivity index (χ0) is 37.8. The Morgan fingerprint density at radius 1 is 0.393 bits per heavy atom. The molecule has 11 rings (SSSR count). The van der Waals surface area contributed by atoms with E-state index in [1.54, 1.807) is 0 Å². The molecular weight excluding hydrogens is 695 g/mol. The Hall–Kier alpha value is -6.22. The third-order valence-electron chi connectivity index (χ3n) is 12.7. The maximum atomic E-state index is 2.48. The molecule has 8 aromatic carbocycles. The largest absolute Gasteiger partial charge is 0.310 e. The minimum atomic E-state index is -0.100. The summed E-state index contributed by atoms with van der Waals surface area (Å²) in [5, 5.41) is 2.64. The van der Waals surface area contributed by atoms with Gasteiger partial charge in [-0.1, -0.05) is 161 Å². The maximum absolute atomic E-state index is 2.48. The molecule has 0 unspecified atom stereocenters. The van der Waals surface area contributed by atoms with Crippen LogP contribution in [0.25, 0.3) is 64.7 Å². The topological polar surface area (TPSA) is 3.24 Å². The molecule has 0 bridgehead atoms. The van der Waals surface area contributed by atoms with E-state index in [0.29, 0.717) is 0 Å². The van der Waals surface area contributed by atoms with E-state index < -0.39 is 0 Å². The molecule has 0 radical (unpaired) electrons. The van der Waals surface area contributed by atoms with Gasteiger partial charge in [-0.15, -0.1) is 11.3 Å². The molecule has 0 saturated heterocycles. The van der Waals surface area contributed by atoms with Gasteiger partial charge < -0.3 is 4.90 Å². The van der Waals surface area contributed by atoms with Crippen LogP contribution in [0, 0.1) is 0 Å². The summed E-state index contributed by atoms with van der Waals surface area (Å²) >= 11 is 1.89. The molecule has 0 saturated carbocycles. The van der Waals surface area contributed by atoms with Gasteiger partial charge in [0.05, 0.1) is 5.69 Å². The van der Waals surface area contributed by atoms with Crippen LogP contribution in [0.4, 0.5) is 17.1 Å². The highest BCUT2D eigenvalue weighted by molar-refractivity contribution is 7.26. The third kappa shape index (κ3) is 4.79. The van der Waals surface area contributed by atoms with Crippen LogP contribution in [0.2, 0.25) is 0 Å². The van der Waals surface area contributed by atoms with E-state index >= 15 is 0 Å². The Labute approximate surface area is 333 Å². The van der Waals surface area contributed by atoms with E-state index in [9.17, 15) is 0 Å². The first-order valence-electron chi connectivity index (χ1n) is 19.7. The first-order chi connectivity index (χ1) is 27.3. The molecule has 0 atom stereocenters. The van der Waals surface area contributed by atoms with Crippen molar-refractivity contribution in [3.63, 3.8) is 0 Å². The van der Waals surface area contributed by atoms with Gasteiger partial charge in [-0.2, -0.15) is 0 Å². The molecule has 0 spiro atoms. The van der Waals surface area contributed by atoms with Gasteiger partial charge in [0.15, 0.2) is 0 Å². The Balaban J connectivity index is 1.07. The Morgan fingerprint density at radius 3 is 1.84 bits per heavy atom. The van der Waals surface area contributed by atoms with Crippen molar-refractivity contribution in [1.82, 2.24) is 0 Å². The fourth-order valence-electron chi connectivity index (χ4n) is 9.82. The van der Waals surface area contributed by atoms with Gasteiger partial charge in [0.1, 0.15) is 0 Å². The number of rotatable bonds is 5. The highest BCUT2D eigenvalue weighted by Crippen LogP contribution is 2.55. The second-order valence-corrected chi connectivity index (χ2v) is 17.6. The van der Waals surface area contributed by atoms with Crippen LogP contribution < -0.4 is 4.90 Å². The molecule has 1 heterocycles. The normalized spacial score (nSPS) is 14.4. The van der Waals surface area contributed by atoms with Crippen LogP contribution >= 0.6 is 11.3 Å². The molecule has 0 N–H and O–H groups in total. The van der Waals surface area contributed by atoms with Crippen molar-refractivity contribution in [2.24, 2.45) is 0 Å². The number of fused-ring (bicyclic) bond motifs is 9. The van der Waals surface area contributed by atoms with Crippen LogP contribution in [0.5, 0.6) is 0 Å². The molecular formula is C54H41NS. The average molecular weight is 736 g/mol. The van der Waals surface area contributed by atoms with Crippen LogP contribution in [0.3, 0.4) is 0 Å². The van der Waals surface area contributed by atoms with Gasteiger partial charge in [0, 0.05) is 47.9 Å². The lowest BCUT2D eigenvalue weighted by Gasteiger charge is -2.29. The highest BCUT2D eigenvalue weighted by atomic mass is 32.1. The summed E-state index contributed by atoms with van der Waals surface area (Å²) in [5.41, 5.74) is 19.2. The van der Waals surface area contributed by atoms with Crippen molar-refractivity contribution in [1.29, 1.82) is 0 Å². The summed E-state index contributed by atoms with van der Waals surface area (Å²) < 4.78 is 2.66. The standard InChI is InChI=1S/C54H41NS/c1-53(2)46-22-9-6-18-44(46)51-47(53)23-13-24-49(51)55(38-15-11-14-36(32-38)39-19-12-20-43-42-17-7-10-25-50(42)56-52(39)43)37-29-26-34(27-30-37)35-28-31-41-40-16-5-8-21-45(40)54(3,4)48(41)33-35/h5-33H,1-4H3. The summed E-state index contributed by atoms with van der Waals surface area (Å²) in [5.74, 6) is 0. The average Bonchev–Trinajstić information content (AvgIpc) is 3.81. The number of benzene rings is 8. The van der Waals surface area contributed by atoms with E-state index in [1.165, 1.54) is 92.6 Å². The summed E-state index contributed by atoms with van der Waals surface area (Å²) in [6, 6.07) is 65.7. The first kappa shape index (κ1) is 33.1. The van der Waals surface area contributed by atoms with Gasteiger partial charge >= 0.3 is 0 Å². The number of hydrogen-bond donors (Lipinski definition) is 0. The first-order valence-corrected chi connectivity index (χ1v) is 20.5. The lowest BCUT2D eigenvalue weighted by Crippen LogP contribution is -2.16. The smallest absolute Gasteiger partial charge is 0.0543 e. The molecule has 1 nitrogen and oxygen atoms in total. The molecule has 0 aliphatic heterocycles. The molecule has 0 amide bonds. The Morgan fingerprint density at radius 2 is 1.00 bits per heavy atom. The van der Waals surface area contributed by atoms with Gasteiger partial charge in [-0.25, -0.2) is 0 Å². The van der Waals surface area contributed by atoms with Crippen LogP contribution in [0.15, 0.2) is 176 Å². The summed E-state index contributed by atoms with van der Waals surface area (Å²) in [4.78, 5) is 2.48. The van der Waals surface area contributed by atoms with Gasteiger partial charge in [-0.05, 0) is 104 Å². The fraction of sp³-hybridized carbons (Fsp3) is 0.111. The van der Waals surface area contributed by atoms with Crippen molar-refractivity contribution in [3.05, 3.63) is 198 Å². The van der Waals surface area contributed by atoms with E-state index in [1.807, 2.05) is 11.3 Å². The molecule has 2 aliphatic rings. The summed E-state index contributed by atoms with van der Waals surface area (Å²) in [7, 11) is 0. The quantitative estimate of drug-likeness (QED) is 0.170. The van der Waals surface area contributed by atoms with Crippen molar-refractivity contribution >= 4 is 48.6 Å². The molecule has 0 fully saturated rings. The van der Waals surface area contributed by atoms with Crippen molar-refractivity contribution in [2.45, 2.75) is 38.5 Å². The Bertz CT molecular complexity index is 3030. The van der Waals surface area contributed by atoms with Crippen molar-refractivity contribution in [2.75, 3.05) is 4.90 Å². The summed E-state index contributed by atoms with van der Waals surface area (Å²) in [6.07, 6.45) is 0. The van der Waals surface area contributed by atoms with Gasteiger partial charge in [-0.3, -0.25) is 0 Å². The number of nitrogens with zero attached hydrogens (tertiary/aromatic N) is 1. The SMILES string of the molecule is CC1(C)c2ccccc2-c2ccc(-c3ccc(N(c4cccc(-c5cccc6c5sc5ccccc56)c4)c4cccc5c4-c4ccccc4C5(C)C)cc3)cc21. The lowest BCUT2D eigenvalue weighted by molar-refractivity contribution is 0.660. The number of anilines is 3. The van der Waals surface area contributed by atoms with Gasteiger partial charge in [0.25, 0.3) is 0 Å². The number of hydrogen-bond acceptors (Lipinski definition) is 2. The van der Waals surface area contributed by atoms with E-state index in [4.69, 9.17) is 0 Å². The molecule has 1 aromatic heterocycles. The van der Waals surface area contributed by atoms with E-state index in [0.717, 1.165) is 11.4 Å². The monoisotopic (exact) mass is 735 g/mol. The van der Waals surface area contributed by atoms with Crippen molar-refractivity contribution < 1.29 is 0 Å². The predicted molar refractivity (Wildman–Crippen MR) is 240 cm³/mol. The van der Waals surface area contributed by atoms with Crippen LogP contribution in [-0.4, -0.2) is 0 Å². The zero-order valence-corrected chi connectivity index (χ0v) is 32.9. The van der Waals surface area contributed by atoms with E-state index in [-0.39, 0.29) is 10.8 Å². The third-order valence-corrected chi connectivity index (χ3v) is 13.9. The second-order valence-electron chi connectivity index (χ2n) is 16.5. The maximum Gasteiger partial charge on any atom is 0.0543 e. The molecule has 56 heavy (non-hydrogen) atoms. The molecule has 2 aliphatic carbocycles. The number of thiophene rings is 1. The Kier molecular flexibility index (Phi) is 7.18. The zero-order valence-electron chi connectivity index (χ0n) is 32.1. The van der Waals surface area contributed by atoms with Gasteiger partial charge in [0.2, 0.25) is 0 Å². The minimum Gasteiger partial charge on any atom is -0.310 e. The van der Waals surface area contributed by atoms with E-state index in [2.05, 4.69) is 209 Å². The van der Waals surface area contributed by atoms with Crippen LogP contribution in [-0.2, 0) is 10.8 Å². The second kappa shape index (κ2) is 12.1. The molecule has 9 aromatic rings. The minimum absolute atomic E-state index is 0.0401. The van der Waals surface area contributed by atoms with Crippen LogP contribution in [0.1, 0.15) is 49.9 Å². The highest BCUT2D eigenvalue weighted by Gasteiger charge is 2.38. The van der Waals surface area contributed by atoms with Crippen molar-refractivity contribution in [3.8, 4) is 44.5 Å². The molecule has 2 heteroatoms. The predicted octanol–water partition coefficient (Wildman–Crippen LogP) is 15.5. The summed E-state index contributed by atoms with van der Waals surface area (Å²) in [6.45, 7) is 9.44. The fourth-order valence-corrected chi connectivity index (χ4v) is 11.1. The molecule has 268 valence electrons. The lowest BCUT2D eigenvalue weighted by atomic mass is 9.81.